The van der Waals surface area contributed by atoms with E-state index < -0.39 is 0 Å². The summed E-state index contributed by atoms with van der Waals surface area (Å²) >= 11 is 0. The van der Waals surface area contributed by atoms with E-state index in [-0.39, 0.29) is 0 Å². The summed E-state index contributed by atoms with van der Waals surface area (Å²) in [6.07, 6.45) is 1.61. The van der Waals surface area contributed by atoms with Gasteiger partial charge in [-0.1, -0.05) is 5.16 Å². The first-order valence-corrected chi connectivity index (χ1v) is 4.10. The summed E-state index contributed by atoms with van der Waals surface area (Å²) in [5.74, 6) is 1.72. The molecule has 5 heteroatoms. The van der Waals surface area contributed by atoms with Crippen molar-refractivity contribution in [1.82, 2.24) is 15.1 Å². The van der Waals surface area contributed by atoms with Gasteiger partial charge in [0, 0.05) is 0 Å². The van der Waals surface area contributed by atoms with Gasteiger partial charge >= 0.3 is 0 Å². The molecule has 0 unspecified atom stereocenters. The first-order chi connectivity index (χ1) is 6.79. The highest BCUT2D eigenvalue weighted by atomic mass is 16.5. The molecule has 0 fully saturated rings. The molecule has 0 aliphatic carbocycles. The number of hydrogen-bond donors (Lipinski definition) is 0. The van der Waals surface area contributed by atoms with Crippen molar-refractivity contribution in [2.45, 2.75) is 6.92 Å². The third-order valence-corrected chi connectivity index (χ3v) is 1.72. The zero-order valence-corrected chi connectivity index (χ0v) is 7.89. The van der Waals surface area contributed by atoms with Crippen molar-refractivity contribution < 1.29 is 9.26 Å². The van der Waals surface area contributed by atoms with Gasteiger partial charge in [-0.05, 0) is 19.1 Å². The summed E-state index contributed by atoms with van der Waals surface area (Å²) in [6, 6.07) is 3.56. The fourth-order valence-electron chi connectivity index (χ4n) is 1.03. The normalized spacial score (nSPS) is 10.1. The number of aryl methyl sites for hydroxylation is 1. The van der Waals surface area contributed by atoms with Gasteiger partial charge < -0.3 is 9.26 Å². The van der Waals surface area contributed by atoms with Crippen molar-refractivity contribution in [3.05, 3.63) is 24.2 Å². The molecule has 0 saturated heterocycles. The van der Waals surface area contributed by atoms with E-state index in [0.717, 1.165) is 0 Å². The number of aromatic nitrogens is 3. The molecule has 0 aromatic carbocycles. The Hall–Kier alpha value is -1.91. The Morgan fingerprint density at radius 3 is 2.71 bits per heavy atom. The van der Waals surface area contributed by atoms with E-state index in [4.69, 9.17) is 9.26 Å². The largest absolute Gasteiger partial charge is 0.495 e. The van der Waals surface area contributed by atoms with Crippen molar-refractivity contribution in [2.75, 3.05) is 7.11 Å². The predicted octanol–water partition coefficient (Wildman–Crippen LogP) is 1.45. The van der Waals surface area contributed by atoms with Crippen LogP contribution in [0.4, 0.5) is 0 Å². The smallest absolute Gasteiger partial charge is 0.276 e. The van der Waals surface area contributed by atoms with Crippen molar-refractivity contribution in [3.8, 4) is 17.3 Å². The molecular formula is C9H9N3O2. The molecule has 14 heavy (non-hydrogen) atoms. The monoisotopic (exact) mass is 191 g/mol. The van der Waals surface area contributed by atoms with Gasteiger partial charge in [-0.2, -0.15) is 4.98 Å². The van der Waals surface area contributed by atoms with Gasteiger partial charge in [-0.25, -0.2) is 4.98 Å². The zero-order valence-electron chi connectivity index (χ0n) is 7.89. The van der Waals surface area contributed by atoms with Gasteiger partial charge in [0.15, 0.2) is 5.82 Å². The number of rotatable bonds is 2. The van der Waals surface area contributed by atoms with E-state index in [2.05, 4.69) is 15.1 Å². The minimum Gasteiger partial charge on any atom is -0.495 e. The van der Waals surface area contributed by atoms with Crippen LogP contribution in [-0.4, -0.2) is 22.2 Å². The standard InChI is InChI=1S/C9H9N3O2/c1-6-11-9(14-12-6)8-4-3-7(13-2)5-10-8/h3-5H,1-2H3. The summed E-state index contributed by atoms with van der Waals surface area (Å²) < 4.78 is 9.94. The van der Waals surface area contributed by atoms with Gasteiger partial charge in [0.05, 0.1) is 13.3 Å². The molecule has 0 bridgehead atoms. The topological polar surface area (TPSA) is 61.0 Å². The number of hydrogen-bond acceptors (Lipinski definition) is 5. The Kier molecular flexibility index (Phi) is 2.14. The second-order valence-corrected chi connectivity index (χ2v) is 2.73. The molecule has 2 rings (SSSR count). The van der Waals surface area contributed by atoms with Crippen LogP contribution in [0.25, 0.3) is 11.6 Å². The lowest BCUT2D eigenvalue weighted by Gasteiger charge is -1.97. The summed E-state index contributed by atoms with van der Waals surface area (Å²) in [5.41, 5.74) is 0.645. The number of methoxy groups -OCH3 is 1. The van der Waals surface area contributed by atoms with Crippen LogP contribution < -0.4 is 4.74 Å². The molecule has 0 saturated carbocycles. The van der Waals surface area contributed by atoms with E-state index >= 15 is 0 Å². The van der Waals surface area contributed by atoms with E-state index in [1.165, 1.54) is 0 Å². The van der Waals surface area contributed by atoms with E-state index in [1.54, 1.807) is 32.4 Å². The van der Waals surface area contributed by atoms with Gasteiger partial charge in [-0.3, -0.25) is 0 Å². The van der Waals surface area contributed by atoms with Crippen LogP contribution in [0.2, 0.25) is 0 Å². The molecule has 0 spiro atoms. The van der Waals surface area contributed by atoms with Crippen LogP contribution in [0, 0.1) is 6.92 Å². The van der Waals surface area contributed by atoms with Crippen molar-refractivity contribution in [1.29, 1.82) is 0 Å². The van der Waals surface area contributed by atoms with E-state index in [1.807, 2.05) is 0 Å². The maximum atomic E-state index is 4.98. The number of pyridine rings is 1. The van der Waals surface area contributed by atoms with Gasteiger partial charge in [0.1, 0.15) is 11.4 Å². The number of nitrogens with zero attached hydrogens (tertiary/aromatic N) is 3. The average molecular weight is 191 g/mol. The van der Waals surface area contributed by atoms with Crippen LogP contribution in [0.5, 0.6) is 5.75 Å². The highest BCUT2D eigenvalue weighted by Crippen LogP contribution is 2.16. The molecule has 0 aliphatic heterocycles. The lowest BCUT2D eigenvalue weighted by molar-refractivity contribution is 0.411. The Labute approximate surface area is 80.7 Å². The quantitative estimate of drug-likeness (QED) is 0.718. The molecule has 2 aromatic rings. The highest BCUT2D eigenvalue weighted by molar-refractivity contribution is 5.47. The lowest BCUT2D eigenvalue weighted by atomic mass is 10.3. The van der Waals surface area contributed by atoms with Gasteiger partial charge in [0.25, 0.3) is 5.89 Å². The Bertz CT molecular complexity index is 422. The maximum absolute atomic E-state index is 4.98. The summed E-state index contributed by atoms with van der Waals surface area (Å²) in [5, 5.41) is 3.68. The van der Waals surface area contributed by atoms with E-state index in [0.29, 0.717) is 23.2 Å². The second-order valence-electron chi connectivity index (χ2n) is 2.73. The maximum Gasteiger partial charge on any atom is 0.276 e. The van der Waals surface area contributed by atoms with Crippen molar-refractivity contribution in [3.63, 3.8) is 0 Å². The third kappa shape index (κ3) is 1.56. The summed E-state index contributed by atoms with van der Waals surface area (Å²) in [7, 11) is 1.59. The molecule has 5 nitrogen and oxygen atoms in total. The molecule has 72 valence electrons. The zero-order chi connectivity index (χ0) is 9.97. The summed E-state index contributed by atoms with van der Waals surface area (Å²) in [6.45, 7) is 1.76. The molecule has 2 aromatic heterocycles. The lowest BCUT2D eigenvalue weighted by Crippen LogP contribution is -1.86. The fourth-order valence-corrected chi connectivity index (χ4v) is 1.03. The van der Waals surface area contributed by atoms with Crippen molar-refractivity contribution >= 4 is 0 Å². The SMILES string of the molecule is COc1ccc(-c2nc(C)no2)nc1. The average Bonchev–Trinajstić information content (AvgIpc) is 2.65. The third-order valence-electron chi connectivity index (χ3n) is 1.72. The first-order valence-electron chi connectivity index (χ1n) is 4.10. The molecule has 0 atom stereocenters. The molecule has 0 N–H and O–H groups in total. The minimum absolute atomic E-state index is 0.421. The summed E-state index contributed by atoms with van der Waals surface area (Å²) in [4.78, 5) is 8.17. The van der Waals surface area contributed by atoms with Crippen molar-refractivity contribution in [2.24, 2.45) is 0 Å². The predicted molar refractivity (Wildman–Crippen MR) is 48.8 cm³/mol. The van der Waals surface area contributed by atoms with Crippen LogP contribution >= 0.6 is 0 Å². The second kappa shape index (κ2) is 3.45. The molecule has 0 amide bonds. The molecule has 2 heterocycles. The van der Waals surface area contributed by atoms with Crippen LogP contribution in [0.15, 0.2) is 22.9 Å². The Morgan fingerprint density at radius 2 is 2.21 bits per heavy atom. The minimum atomic E-state index is 0.421. The molecular weight excluding hydrogens is 182 g/mol. The van der Waals surface area contributed by atoms with Crippen LogP contribution in [-0.2, 0) is 0 Å². The molecule has 0 aliphatic rings. The molecule has 0 radical (unpaired) electrons. The van der Waals surface area contributed by atoms with E-state index in [9.17, 15) is 0 Å². The van der Waals surface area contributed by atoms with Gasteiger partial charge in [0.2, 0.25) is 0 Å². The Balaban J connectivity index is 2.33. The highest BCUT2D eigenvalue weighted by Gasteiger charge is 2.06. The fraction of sp³-hybridized carbons (Fsp3) is 0.222. The number of ether oxygens (including phenoxy) is 1. The first kappa shape index (κ1) is 8.68. The Morgan fingerprint density at radius 1 is 1.36 bits per heavy atom. The van der Waals surface area contributed by atoms with Crippen LogP contribution in [0.1, 0.15) is 5.82 Å². The van der Waals surface area contributed by atoms with Crippen LogP contribution in [0.3, 0.4) is 0 Å². The van der Waals surface area contributed by atoms with Gasteiger partial charge in [-0.15, -0.1) is 0 Å².